The fourth-order valence-electron chi connectivity index (χ4n) is 3.34. The van der Waals surface area contributed by atoms with Crippen molar-refractivity contribution in [1.82, 2.24) is 24.9 Å². The van der Waals surface area contributed by atoms with E-state index in [1.807, 2.05) is 52.1 Å². The Hall–Kier alpha value is -3.42. The number of carbonyl (C=O) groups excluding carboxylic acids is 2. The number of carbonyl (C=O) groups is 2. The van der Waals surface area contributed by atoms with Gasteiger partial charge in [-0.2, -0.15) is 10.2 Å². The standard InChI is InChI=1S/C21H26N6O2/c1-6-15-9-7-8-10-16(15)22-19(28)12-26(4)21(29)18-11-17(23-24-18)20-13(2)25-27(5)14(20)3/h7-11H,6,12H2,1-5H3,(H,22,28)(H,23,24). The summed E-state index contributed by atoms with van der Waals surface area (Å²) in [6.45, 7) is 5.83. The van der Waals surface area contributed by atoms with E-state index in [4.69, 9.17) is 0 Å². The molecule has 0 radical (unpaired) electrons. The second-order valence-corrected chi connectivity index (χ2v) is 7.06. The van der Waals surface area contributed by atoms with E-state index < -0.39 is 0 Å². The van der Waals surface area contributed by atoms with Crippen LogP contribution in [0.5, 0.6) is 0 Å². The number of likely N-dealkylation sites (N-methyl/N-ethyl adjacent to an activating group) is 1. The van der Waals surface area contributed by atoms with Crippen LogP contribution in [-0.2, 0) is 18.3 Å². The maximum atomic E-state index is 12.7. The van der Waals surface area contributed by atoms with E-state index in [0.717, 1.165) is 34.6 Å². The summed E-state index contributed by atoms with van der Waals surface area (Å²) in [6, 6.07) is 9.33. The topological polar surface area (TPSA) is 95.9 Å². The van der Waals surface area contributed by atoms with Gasteiger partial charge in [0.25, 0.3) is 5.91 Å². The third kappa shape index (κ3) is 4.21. The highest BCUT2D eigenvalue weighted by atomic mass is 16.2. The first-order chi connectivity index (χ1) is 13.8. The highest BCUT2D eigenvalue weighted by Crippen LogP contribution is 2.25. The Morgan fingerprint density at radius 3 is 2.62 bits per heavy atom. The van der Waals surface area contributed by atoms with Crippen molar-refractivity contribution in [3.05, 3.63) is 53.0 Å². The number of nitrogens with zero attached hydrogens (tertiary/aromatic N) is 4. The zero-order chi connectivity index (χ0) is 21.1. The molecule has 8 nitrogen and oxygen atoms in total. The Labute approximate surface area is 169 Å². The minimum absolute atomic E-state index is 0.0593. The Morgan fingerprint density at radius 2 is 1.97 bits per heavy atom. The SMILES string of the molecule is CCc1ccccc1NC(=O)CN(C)C(=O)c1cc(-c2c(C)nn(C)c2C)n[nH]1. The summed E-state index contributed by atoms with van der Waals surface area (Å²) in [4.78, 5) is 26.5. The molecule has 8 heteroatoms. The van der Waals surface area contributed by atoms with Crippen molar-refractivity contribution in [3.63, 3.8) is 0 Å². The van der Waals surface area contributed by atoms with Crippen molar-refractivity contribution in [2.75, 3.05) is 18.9 Å². The fourth-order valence-corrected chi connectivity index (χ4v) is 3.34. The van der Waals surface area contributed by atoms with Crippen molar-refractivity contribution >= 4 is 17.5 Å². The molecule has 29 heavy (non-hydrogen) atoms. The number of H-pyrrole nitrogens is 1. The van der Waals surface area contributed by atoms with Crippen molar-refractivity contribution in [2.45, 2.75) is 27.2 Å². The number of hydrogen-bond acceptors (Lipinski definition) is 4. The predicted molar refractivity (Wildman–Crippen MR) is 112 cm³/mol. The molecule has 2 amide bonds. The minimum Gasteiger partial charge on any atom is -0.331 e. The Balaban J connectivity index is 1.69. The van der Waals surface area contributed by atoms with E-state index in [0.29, 0.717) is 11.4 Å². The summed E-state index contributed by atoms with van der Waals surface area (Å²) in [5, 5.41) is 14.3. The van der Waals surface area contributed by atoms with Gasteiger partial charge in [0.1, 0.15) is 5.69 Å². The second kappa shape index (κ2) is 8.30. The van der Waals surface area contributed by atoms with E-state index in [1.54, 1.807) is 17.8 Å². The van der Waals surface area contributed by atoms with Gasteiger partial charge in [-0.15, -0.1) is 0 Å². The van der Waals surface area contributed by atoms with Gasteiger partial charge in [0.2, 0.25) is 5.91 Å². The quantitative estimate of drug-likeness (QED) is 0.672. The van der Waals surface area contributed by atoms with Crippen LogP contribution in [0.2, 0.25) is 0 Å². The molecule has 152 valence electrons. The molecular weight excluding hydrogens is 368 g/mol. The molecule has 0 aliphatic heterocycles. The third-order valence-corrected chi connectivity index (χ3v) is 4.97. The van der Waals surface area contributed by atoms with Gasteiger partial charge in [0, 0.05) is 31.0 Å². The molecule has 2 N–H and O–H groups in total. The van der Waals surface area contributed by atoms with Crippen LogP contribution in [0.1, 0.15) is 34.4 Å². The Bertz CT molecular complexity index is 1050. The van der Waals surface area contributed by atoms with Crippen LogP contribution < -0.4 is 5.32 Å². The number of para-hydroxylation sites is 1. The summed E-state index contributed by atoms with van der Waals surface area (Å²) < 4.78 is 1.78. The molecule has 0 fully saturated rings. The predicted octanol–water partition coefficient (Wildman–Crippen LogP) is 2.70. The van der Waals surface area contributed by atoms with Crippen LogP contribution in [0.15, 0.2) is 30.3 Å². The smallest absolute Gasteiger partial charge is 0.272 e. The molecule has 0 aliphatic carbocycles. The average Bonchev–Trinajstić information content (AvgIpc) is 3.25. The number of rotatable bonds is 6. The van der Waals surface area contributed by atoms with Crippen LogP contribution in [0, 0.1) is 13.8 Å². The molecule has 0 bridgehead atoms. The average molecular weight is 394 g/mol. The summed E-state index contributed by atoms with van der Waals surface area (Å²) in [7, 11) is 3.46. The lowest BCUT2D eigenvalue weighted by Gasteiger charge is -2.16. The van der Waals surface area contributed by atoms with E-state index in [-0.39, 0.29) is 18.4 Å². The van der Waals surface area contributed by atoms with Crippen LogP contribution in [0.25, 0.3) is 11.3 Å². The lowest BCUT2D eigenvalue weighted by atomic mass is 10.1. The van der Waals surface area contributed by atoms with Gasteiger partial charge >= 0.3 is 0 Å². The van der Waals surface area contributed by atoms with Gasteiger partial charge in [-0.25, -0.2) is 0 Å². The molecule has 0 spiro atoms. The Morgan fingerprint density at radius 1 is 1.24 bits per heavy atom. The zero-order valence-electron chi connectivity index (χ0n) is 17.4. The van der Waals surface area contributed by atoms with Gasteiger partial charge in [-0.05, 0) is 38.0 Å². The third-order valence-electron chi connectivity index (χ3n) is 4.97. The molecule has 0 saturated heterocycles. The van der Waals surface area contributed by atoms with Crippen molar-refractivity contribution in [3.8, 4) is 11.3 Å². The van der Waals surface area contributed by atoms with Crippen molar-refractivity contribution < 1.29 is 9.59 Å². The number of aryl methyl sites for hydroxylation is 3. The number of aromatic amines is 1. The number of aromatic nitrogens is 4. The lowest BCUT2D eigenvalue weighted by Crippen LogP contribution is -2.35. The summed E-state index contributed by atoms with van der Waals surface area (Å²) in [5.41, 5.74) is 5.52. The van der Waals surface area contributed by atoms with Crippen LogP contribution >= 0.6 is 0 Å². The molecule has 2 heterocycles. The van der Waals surface area contributed by atoms with Crippen molar-refractivity contribution in [2.24, 2.45) is 7.05 Å². The second-order valence-electron chi connectivity index (χ2n) is 7.06. The van der Waals surface area contributed by atoms with Gasteiger partial charge < -0.3 is 10.2 Å². The molecule has 2 aromatic heterocycles. The number of amides is 2. The highest BCUT2D eigenvalue weighted by Gasteiger charge is 2.20. The van der Waals surface area contributed by atoms with Crippen LogP contribution in [0.3, 0.4) is 0 Å². The molecule has 1 aromatic carbocycles. The summed E-state index contributed by atoms with van der Waals surface area (Å²) in [6.07, 6.45) is 0.815. The van der Waals surface area contributed by atoms with Gasteiger partial charge in [0.05, 0.1) is 17.9 Å². The monoisotopic (exact) mass is 394 g/mol. The summed E-state index contributed by atoms with van der Waals surface area (Å²) in [5.74, 6) is -0.553. The van der Waals surface area contributed by atoms with E-state index in [2.05, 4.69) is 20.6 Å². The number of hydrogen-bond donors (Lipinski definition) is 2. The molecule has 0 unspecified atom stereocenters. The molecule has 0 atom stereocenters. The largest absolute Gasteiger partial charge is 0.331 e. The fraction of sp³-hybridized carbons (Fsp3) is 0.333. The Kier molecular flexibility index (Phi) is 5.81. The molecule has 0 aliphatic rings. The van der Waals surface area contributed by atoms with Crippen LogP contribution in [0.4, 0.5) is 5.69 Å². The molecule has 3 aromatic rings. The van der Waals surface area contributed by atoms with Crippen LogP contribution in [-0.4, -0.2) is 50.3 Å². The van der Waals surface area contributed by atoms with E-state index in [1.165, 1.54) is 4.90 Å². The van der Waals surface area contributed by atoms with Gasteiger partial charge in [-0.1, -0.05) is 25.1 Å². The number of nitrogens with one attached hydrogen (secondary N) is 2. The van der Waals surface area contributed by atoms with Crippen molar-refractivity contribution in [1.29, 1.82) is 0 Å². The van der Waals surface area contributed by atoms with E-state index >= 15 is 0 Å². The molecular formula is C21H26N6O2. The first-order valence-corrected chi connectivity index (χ1v) is 9.51. The lowest BCUT2D eigenvalue weighted by molar-refractivity contribution is -0.116. The minimum atomic E-state index is -0.304. The van der Waals surface area contributed by atoms with Gasteiger partial charge in [0.15, 0.2) is 0 Å². The zero-order valence-corrected chi connectivity index (χ0v) is 17.4. The number of anilines is 1. The molecule has 0 saturated carbocycles. The normalized spacial score (nSPS) is 10.8. The summed E-state index contributed by atoms with van der Waals surface area (Å²) >= 11 is 0. The highest BCUT2D eigenvalue weighted by molar-refractivity contribution is 5.99. The first kappa shape index (κ1) is 20.3. The maximum Gasteiger partial charge on any atom is 0.272 e. The van der Waals surface area contributed by atoms with E-state index in [9.17, 15) is 9.59 Å². The number of benzene rings is 1. The first-order valence-electron chi connectivity index (χ1n) is 9.51. The maximum absolute atomic E-state index is 12.7. The van der Waals surface area contributed by atoms with Gasteiger partial charge in [-0.3, -0.25) is 19.4 Å². The molecule has 3 rings (SSSR count).